The molecular weight excluding hydrogens is 581 g/mol. The number of hydrogen-bond acceptors (Lipinski definition) is 2. The summed E-state index contributed by atoms with van der Waals surface area (Å²) >= 11 is 0. The predicted octanol–water partition coefficient (Wildman–Crippen LogP) is 12.8. The van der Waals surface area contributed by atoms with Crippen LogP contribution in [0.25, 0.3) is 24.3 Å². The van der Waals surface area contributed by atoms with Crippen LogP contribution in [0.4, 0.5) is 22.7 Å². The first-order chi connectivity index (χ1) is 23.8. The fourth-order valence-corrected chi connectivity index (χ4v) is 6.15. The molecule has 2 aliphatic rings. The van der Waals surface area contributed by atoms with E-state index in [-0.39, 0.29) is 0 Å². The van der Waals surface area contributed by atoms with Gasteiger partial charge in [0, 0.05) is 34.1 Å². The van der Waals surface area contributed by atoms with Crippen LogP contribution in [-0.4, -0.2) is 0 Å². The summed E-state index contributed by atoms with van der Waals surface area (Å²) in [6.45, 7) is 0. The average Bonchev–Trinajstić information content (AvgIpc) is 3.17. The highest BCUT2D eigenvalue weighted by molar-refractivity contribution is 5.77. The van der Waals surface area contributed by atoms with Crippen LogP contribution in [0.2, 0.25) is 0 Å². The van der Waals surface area contributed by atoms with Gasteiger partial charge in [-0.2, -0.15) is 0 Å². The number of anilines is 4. The molecule has 0 spiro atoms. The topological polar surface area (TPSA) is 6.48 Å². The molecule has 0 fully saturated rings. The van der Waals surface area contributed by atoms with E-state index >= 15 is 0 Å². The molecule has 0 unspecified atom stereocenters. The van der Waals surface area contributed by atoms with Crippen LogP contribution in [0.5, 0.6) is 0 Å². The molecular formula is C46H40N2. The molecule has 0 saturated heterocycles. The van der Waals surface area contributed by atoms with Crippen LogP contribution in [0.1, 0.15) is 47.9 Å². The van der Waals surface area contributed by atoms with Gasteiger partial charge in [-0.25, -0.2) is 0 Å². The molecule has 0 atom stereocenters. The normalized spacial score (nSPS) is 14.2. The minimum absolute atomic E-state index is 1.07. The third-order valence-corrected chi connectivity index (χ3v) is 8.67. The van der Waals surface area contributed by atoms with Crippen LogP contribution < -0.4 is 9.80 Å². The van der Waals surface area contributed by atoms with Crippen molar-refractivity contribution in [2.24, 2.45) is 0 Å². The molecule has 5 aromatic carbocycles. The minimum Gasteiger partial charge on any atom is -0.311 e. The summed E-state index contributed by atoms with van der Waals surface area (Å²) in [6, 6.07) is 47.5. The quantitative estimate of drug-likeness (QED) is 0.143. The fraction of sp³-hybridized carbons (Fsp3) is 0.0870. The molecule has 0 bridgehead atoms. The number of rotatable bonds is 10. The molecule has 2 aliphatic carbocycles. The van der Waals surface area contributed by atoms with Gasteiger partial charge in [0.15, 0.2) is 0 Å². The summed E-state index contributed by atoms with van der Waals surface area (Å²) < 4.78 is 0. The molecule has 2 heteroatoms. The van der Waals surface area contributed by atoms with E-state index in [4.69, 9.17) is 0 Å². The van der Waals surface area contributed by atoms with Gasteiger partial charge in [0.1, 0.15) is 0 Å². The number of benzene rings is 5. The second-order valence-corrected chi connectivity index (χ2v) is 12.1. The Morgan fingerprint density at radius 2 is 0.646 bits per heavy atom. The van der Waals surface area contributed by atoms with Crippen molar-refractivity contribution < 1.29 is 0 Å². The Bertz CT molecular complexity index is 1830. The van der Waals surface area contributed by atoms with Gasteiger partial charge in [-0.3, -0.25) is 0 Å². The lowest BCUT2D eigenvalue weighted by molar-refractivity contribution is 0.997. The van der Waals surface area contributed by atoms with Crippen molar-refractivity contribution >= 4 is 47.1 Å². The lowest BCUT2D eigenvalue weighted by atomic mass is 10.1. The zero-order valence-electron chi connectivity index (χ0n) is 27.2. The van der Waals surface area contributed by atoms with E-state index in [1.54, 1.807) is 0 Å². The maximum atomic E-state index is 2.33. The summed E-state index contributed by atoms with van der Waals surface area (Å²) in [4.78, 5) is 4.66. The van der Waals surface area contributed by atoms with Crippen LogP contribution in [0.15, 0.2) is 181 Å². The van der Waals surface area contributed by atoms with Gasteiger partial charge in [-0.05, 0) is 109 Å². The smallest absolute Gasteiger partial charge is 0.0461 e. The third-order valence-electron chi connectivity index (χ3n) is 8.67. The number of nitrogens with zero attached hydrogens (tertiary/aromatic N) is 2. The Hall–Kier alpha value is -5.86. The minimum atomic E-state index is 1.07. The summed E-state index contributed by atoms with van der Waals surface area (Å²) in [5, 5.41) is 0. The van der Waals surface area contributed by atoms with Crippen LogP contribution in [0.3, 0.4) is 0 Å². The van der Waals surface area contributed by atoms with Gasteiger partial charge in [0.25, 0.3) is 0 Å². The predicted molar refractivity (Wildman–Crippen MR) is 207 cm³/mol. The molecule has 0 amide bonds. The maximum Gasteiger partial charge on any atom is 0.0461 e. The highest BCUT2D eigenvalue weighted by atomic mass is 15.2. The third kappa shape index (κ3) is 7.57. The lowest BCUT2D eigenvalue weighted by Crippen LogP contribution is -2.16. The van der Waals surface area contributed by atoms with Crippen molar-refractivity contribution in [1.82, 2.24) is 0 Å². The molecule has 2 nitrogen and oxygen atoms in total. The summed E-state index contributed by atoms with van der Waals surface area (Å²) in [7, 11) is 0. The Morgan fingerprint density at radius 3 is 0.958 bits per heavy atom. The van der Waals surface area contributed by atoms with Crippen molar-refractivity contribution in [1.29, 1.82) is 0 Å². The summed E-state index contributed by atoms with van der Waals surface area (Å²) in [5.74, 6) is 0. The Kier molecular flexibility index (Phi) is 9.72. The largest absolute Gasteiger partial charge is 0.311 e. The van der Waals surface area contributed by atoms with E-state index in [1.165, 1.54) is 45.0 Å². The van der Waals surface area contributed by atoms with Crippen LogP contribution in [-0.2, 0) is 0 Å². The highest BCUT2D eigenvalue weighted by Gasteiger charge is 2.15. The standard InChI is InChI=1S/C46H40N2/c1-5-13-41(14-6-1)47(42-15-7-2-8-16-42)45-33-29-39(30-34-45)27-25-37-21-23-38(24-22-37)26-28-40-31-35-46(36-32-40)48(43-17-9-3-10-18-43)44-19-11-4-12-20-44/h1,3,5-7,9-11,13-36H,2,4,8,12H2/b27-25+,28-26+. The fourth-order valence-electron chi connectivity index (χ4n) is 6.15. The monoisotopic (exact) mass is 620 g/mol. The molecule has 0 heterocycles. The van der Waals surface area contributed by atoms with Crippen molar-refractivity contribution in [2.45, 2.75) is 25.7 Å². The first kappa shape index (κ1) is 30.8. The molecule has 0 N–H and O–H groups in total. The molecule has 48 heavy (non-hydrogen) atoms. The van der Waals surface area contributed by atoms with Crippen molar-refractivity contribution in [3.05, 3.63) is 204 Å². The van der Waals surface area contributed by atoms with Gasteiger partial charge in [0.05, 0.1) is 0 Å². The second-order valence-electron chi connectivity index (χ2n) is 12.1. The average molecular weight is 621 g/mol. The van der Waals surface area contributed by atoms with Gasteiger partial charge in [-0.1, -0.05) is 134 Å². The number of hydrogen-bond donors (Lipinski definition) is 0. The van der Waals surface area contributed by atoms with E-state index in [9.17, 15) is 0 Å². The number of allylic oxidation sites excluding steroid dienone is 6. The van der Waals surface area contributed by atoms with Crippen molar-refractivity contribution in [3.8, 4) is 0 Å². The molecule has 0 saturated carbocycles. The van der Waals surface area contributed by atoms with E-state index < -0.39 is 0 Å². The first-order valence-corrected chi connectivity index (χ1v) is 16.9. The Labute approximate surface area is 285 Å². The van der Waals surface area contributed by atoms with Crippen molar-refractivity contribution in [3.63, 3.8) is 0 Å². The van der Waals surface area contributed by atoms with Gasteiger partial charge in [0.2, 0.25) is 0 Å². The van der Waals surface area contributed by atoms with E-state index in [0.29, 0.717) is 0 Å². The van der Waals surface area contributed by atoms with Crippen molar-refractivity contribution in [2.75, 3.05) is 9.80 Å². The van der Waals surface area contributed by atoms with E-state index in [0.717, 1.165) is 37.1 Å². The molecule has 234 valence electrons. The Morgan fingerprint density at radius 1 is 0.333 bits per heavy atom. The van der Waals surface area contributed by atoms with Crippen LogP contribution >= 0.6 is 0 Å². The molecule has 0 aliphatic heterocycles. The molecule has 0 aromatic heterocycles. The van der Waals surface area contributed by atoms with E-state index in [1.807, 2.05) is 0 Å². The Balaban J connectivity index is 1.00. The zero-order valence-corrected chi connectivity index (χ0v) is 27.2. The maximum absolute atomic E-state index is 2.33. The molecule has 5 aromatic rings. The van der Waals surface area contributed by atoms with Gasteiger partial charge >= 0.3 is 0 Å². The lowest BCUT2D eigenvalue weighted by Gasteiger charge is -2.27. The zero-order chi connectivity index (χ0) is 32.4. The van der Waals surface area contributed by atoms with Gasteiger partial charge in [-0.15, -0.1) is 0 Å². The number of para-hydroxylation sites is 2. The van der Waals surface area contributed by atoms with Gasteiger partial charge < -0.3 is 9.80 Å². The van der Waals surface area contributed by atoms with Crippen LogP contribution in [0, 0.1) is 0 Å². The second kappa shape index (κ2) is 15.2. The summed E-state index contributed by atoms with van der Waals surface area (Å²) in [6.07, 6.45) is 26.7. The SMILES string of the molecule is C1=CC(N(c2ccccc2)c2ccc(/C=C/c3ccc(/C=C/c4ccc(N(C5=CCCC=C5)c5ccccc5)cc4)cc3)cc2)=CCC1. The molecule has 0 radical (unpaired) electrons. The first-order valence-electron chi connectivity index (χ1n) is 16.9. The summed E-state index contributed by atoms with van der Waals surface area (Å²) in [5.41, 5.74) is 11.8. The molecule has 7 rings (SSSR count). The van der Waals surface area contributed by atoms with E-state index in [2.05, 4.69) is 204 Å². The highest BCUT2D eigenvalue weighted by Crippen LogP contribution is 2.34.